The summed E-state index contributed by atoms with van der Waals surface area (Å²) in [6.45, 7) is 5.44. The Hall–Kier alpha value is -1.95. The molecule has 3 nitrogen and oxygen atoms in total. The first kappa shape index (κ1) is 19.1. The first-order valence-electron chi connectivity index (χ1n) is 7.12. The molecular formula is C19H19LiNO2-. The smallest absolute Gasteiger partial charge is 0.151 e. The van der Waals surface area contributed by atoms with Crippen LogP contribution in [0.3, 0.4) is 0 Å². The van der Waals surface area contributed by atoms with Crippen LogP contribution in [0.2, 0.25) is 0 Å². The van der Waals surface area contributed by atoms with E-state index in [1.807, 2.05) is 75.4 Å². The van der Waals surface area contributed by atoms with E-state index in [1.54, 1.807) is 6.07 Å². The summed E-state index contributed by atoms with van der Waals surface area (Å²) in [5.41, 5.74) is 1.77. The van der Waals surface area contributed by atoms with Gasteiger partial charge < -0.3 is 9.84 Å². The molecule has 2 aromatic rings. The average Bonchev–Trinajstić information content (AvgIpc) is 2.45. The van der Waals surface area contributed by atoms with Crippen molar-refractivity contribution in [2.45, 2.75) is 26.4 Å². The molecule has 0 amide bonds. The first-order valence-corrected chi connectivity index (χ1v) is 7.12. The Morgan fingerprint density at radius 3 is 2.30 bits per heavy atom. The second kappa shape index (κ2) is 8.62. The summed E-state index contributed by atoms with van der Waals surface area (Å²) in [6.07, 6.45) is 4.44. The number of ether oxygens (including phenoxy) is 1. The second-order valence-electron chi connectivity index (χ2n) is 5.81. The molecule has 4 heteroatoms. The Morgan fingerprint density at radius 2 is 1.65 bits per heavy atom. The van der Waals surface area contributed by atoms with Gasteiger partial charge in [0.15, 0.2) is 6.08 Å². The van der Waals surface area contributed by atoms with Crippen LogP contribution in [0.15, 0.2) is 59.6 Å². The molecule has 23 heavy (non-hydrogen) atoms. The van der Waals surface area contributed by atoms with Gasteiger partial charge in [0.05, 0.1) is 5.69 Å². The van der Waals surface area contributed by atoms with Crippen LogP contribution >= 0.6 is 0 Å². The number of para-hydroxylation sites is 1. The molecule has 2 radical (unpaired) electrons. The summed E-state index contributed by atoms with van der Waals surface area (Å²) < 4.78 is 5.22. The van der Waals surface area contributed by atoms with Gasteiger partial charge in [-0.3, -0.25) is 0 Å². The second-order valence-corrected chi connectivity index (χ2v) is 5.81. The van der Waals surface area contributed by atoms with Crippen molar-refractivity contribution in [1.29, 1.82) is 0 Å². The fraction of sp³-hybridized carbons (Fsp3) is 0.211. The molecule has 0 aliphatic heterocycles. The number of nitrogens with zero attached hydrogens (tertiary/aromatic N) is 1. The van der Waals surface area contributed by atoms with Crippen LogP contribution in [0, 0.1) is 6.08 Å². The Morgan fingerprint density at radius 1 is 1.04 bits per heavy atom. The summed E-state index contributed by atoms with van der Waals surface area (Å²) in [5, 5.41) is 11.8. The topological polar surface area (TPSA) is 44.6 Å². The van der Waals surface area contributed by atoms with E-state index in [1.165, 1.54) is 0 Å². The third kappa shape index (κ3) is 6.77. The predicted octanol–water partition coefficient (Wildman–Crippen LogP) is 3.33. The summed E-state index contributed by atoms with van der Waals surface area (Å²) in [6, 6.07) is 17.2. The van der Waals surface area contributed by atoms with Crippen molar-refractivity contribution in [3.05, 3.63) is 71.8 Å². The van der Waals surface area contributed by atoms with Gasteiger partial charge in [-0.15, -0.1) is 0 Å². The molecule has 2 rings (SSSR count). The largest absolute Gasteiger partial charge is 0.594 e. The van der Waals surface area contributed by atoms with Crippen molar-refractivity contribution in [3.63, 3.8) is 0 Å². The van der Waals surface area contributed by atoms with E-state index in [-0.39, 0.29) is 18.9 Å². The van der Waals surface area contributed by atoms with E-state index in [2.05, 4.69) is 11.1 Å². The van der Waals surface area contributed by atoms with Crippen LogP contribution in [0.1, 0.15) is 31.9 Å². The normalized spacial score (nSPS) is 12.0. The minimum Gasteiger partial charge on any atom is -0.594 e. The number of aliphatic imine (C=N–C) groups is 1. The van der Waals surface area contributed by atoms with Gasteiger partial charge in [-0.05, 0) is 23.8 Å². The third-order valence-electron chi connectivity index (χ3n) is 2.70. The van der Waals surface area contributed by atoms with Crippen molar-refractivity contribution in [2.24, 2.45) is 4.99 Å². The number of hydrogen-bond donors (Lipinski definition) is 0. The number of rotatable bonds is 3. The SMILES string of the molecule is CC(C)(C)OC([O-])=Nc1ccccc1[C]=Cc1ccccc1.[Li]. The van der Waals surface area contributed by atoms with Crippen LogP contribution in [0.4, 0.5) is 5.69 Å². The van der Waals surface area contributed by atoms with Crippen molar-refractivity contribution >= 4 is 36.7 Å². The van der Waals surface area contributed by atoms with Gasteiger partial charge in [0.1, 0.15) is 0 Å². The zero-order chi connectivity index (χ0) is 16.0. The van der Waals surface area contributed by atoms with Crippen LogP contribution < -0.4 is 5.11 Å². The van der Waals surface area contributed by atoms with Gasteiger partial charge in [0, 0.05) is 30.0 Å². The van der Waals surface area contributed by atoms with E-state index in [0.29, 0.717) is 5.69 Å². The van der Waals surface area contributed by atoms with Gasteiger partial charge in [-0.2, -0.15) is 0 Å². The molecule has 0 heterocycles. The Bertz CT molecular complexity index is 673. The van der Waals surface area contributed by atoms with Crippen molar-refractivity contribution < 1.29 is 9.84 Å². The Balaban J connectivity index is 0.00000264. The molecular weight excluding hydrogens is 281 g/mol. The summed E-state index contributed by atoms with van der Waals surface area (Å²) >= 11 is 0. The van der Waals surface area contributed by atoms with Gasteiger partial charge >= 0.3 is 0 Å². The number of hydrogen-bond acceptors (Lipinski definition) is 3. The first-order chi connectivity index (χ1) is 10.4. The minimum absolute atomic E-state index is 0. The average molecular weight is 300 g/mol. The molecule has 0 saturated carbocycles. The molecule has 0 aromatic heterocycles. The third-order valence-corrected chi connectivity index (χ3v) is 2.70. The number of benzene rings is 2. The predicted molar refractivity (Wildman–Crippen MR) is 93.4 cm³/mol. The molecule has 0 bridgehead atoms. The van der Waals surface area contributed by atoms with Gasteiger partial charge in [0.25, 0.3) is 0 Å². The van der Waals surface area contributed by atoms with Gasteiger partial charge in [0.2, 0.25) is 0 Å². The quantitative estimate of drug-likeness (QED) is 0.378. The fourth-order valence-electron chi connectivity index (χ4n) is 1.79. The van der Waals surface area contributed by atoms with Gasteiger partial charge in [-0.1, -0.05) is 69.3 Å². The van der Waals surface area contributed by atoms with E-state index in [0.717, 1.165) is 11.1 Å². The zero-order valence-corrected chi connectivity index (χ0v) is 14.0. The molecule has 0 aliphatic carbocycles. The monoisotopic (exact) mass is 300 g/mol. The van der Waals surface area contributed by atoms with E-state index < -0.39 is 11.7 Å². The Kier molecular flexibility index (Phi) is 7.16. The molecule has 0 fully saturated rings. The molecule has 0 spiro atoms. The molecule has 2 aromatic carbocycles. The van der Waals surface area contributed by atoms with E-state index in [9.17, 15) is 5.11 Å². The van der Waals surface area contributed by atoms with Crippen LogP contribution in [0.25, 0.3) is 6.08 Å². The summed E-state index contributed by atoms with van der Waals surface area (Å²) in [4.78, 5) is 4.01. The zero-order valence-electron chi connectivity index (χ0n) is 14.0. The van der Waals surface area contributed by atoms with Crippen LogP contribution in [-0.2, 0) is 4.74 Å². The van der Waals surface area contributed by atoms with Gasteiger partial charge in [-0.25, -0.2) is 4.99 Å². The summed E-state index contributed by atoms with van der Waals surface area (Å²) in [5.74, 6) is 0. The molecule has 0 unspecified atom stereocenters. The molecule has 114 valence electrons. The maximum atomic E-state index is 11.8. The molecule has 0 aliphatic rings. The van der Waals surface area contributed by atoms with Crippen molar-refractivity contribution in [2.75, 3.05) is 0 Å². The molecule has 0 atom stereocenters. The minimum atomic E-state index is -0.596. The van der Waals surface area contributed by atoms with E-state index >= 15 is 0 Å². The van der Waals surface area contributed by atoms with E-state index in [4.69, 9.17) is 4.74 Å². The van der Waals surface area contributed by atoms with Crippen molar-refractivity contribution in [3.8, 4) is 0 Å². The fourth-order valence-corrected chi connectivity index (χ4v) is 1.79. The summed E-state index contributed by atoms with van der Waals surface area (Å²) in [7, 11) is 0. The maximum absolute atomic E-state index is 11.8. The standard InChI is InChI=1S/C19H20NO2.Li/c1-19(2,3)22-18(21)20-17-12-8-7-11-16(17)14-13-15-9-5-4-6-10-15;/h4-13H,1-3H3,(H,20,21);/p-1. The van der Waals surface area contributed by atoms with Crippen LogP contribution in [0.5, 0.6) is 0 Å². The molecule has 0 saturated heterocycles. The maximum Gasteiger partial charge on any atom is 0.151 e. The van der Waals surface area contributed by atoms with Crippen molar-refractivity contribution in [1.82, 2.24) is 0 Å². The van der Waals surface area contributed by atoms with Crippen LogP contribution in [-0.4, -0.2) is 30.5 Å². The molecule has 0 N–H and O–H groups in total. The Labute approximate surface area is 149 Å².